The number of halogens is 1. The summed E-state index contributed by atoms with van der Waals surface area (Å²) in [7, 11) is 1.90. The van der Waals surface area contributed by atoms with Gasteiger partial charge in [-0.05, 0) is 18.9 Å². The fourth-order valence-corrected chi connectivity index (χ4v) is 3.24. The van der Waals surface area contributed by atoms with Crippen molar-refractivity contribution in [2.75, 3.05) is 18.9 Å². The van der Waals surface area contributed by atoms with Crippen LogP contribution in [-0.2, 0) is 11.8 Å². The molecule has 0 saturated carbocycles. The summed E-state index contributed by atoms with van der Waals surface area (Å²) in [5.41, 5.74) is 9.53. The number of nitrogen functional groups attached to an aromatic ring is 1. The van der Waals surface area contributed by atoms with Crippen LogP contribution in [0.1, 0.15) is 24.5 Å². The number of aryl methyl sites for hydroxylation is 1. The number of benzene rings is 1. The monoisotopic (exact) mass is 335 g/mol. The van der Waals surface area contributed by atoms with Gasteiger partial charge in [0.2, 0.25) is 0 Å². The molecular formula is C15H18BrN3O. The summed E-state index contributed by atoms with van der Waals surface area (Å²) in [5.74, 6) is 1.15. The first-order valence-electron chi connectivity index (χ1n) is 6.83. The van der Waals surface area contributed by atoms with Gasteiger partial charge in [-0.1, -0.05) is 34.1 Å². The van der Waals surface area contributed by atoms with Gasteiger partial charge >= 0.3 is 0 Å². The van der Waals surface area contributed by atoms with Crippen molar-refractivity contribution >= 4 is 21.7 Å². The number of anilines is 1. The van der Waals surface area contributed by atoms with Gasteiger partial charge in [-0.25, -0.2) is 0 Å². The average Bonchev–Trinajstić information content (AvgIpc) is 2.77. The lowest BCUT2D eigenvalue weighted by Gasteiger charge is -2.21. The second-order valence-electron chi connectivity index (χ2n) is 5.14. The molecule has 0 radical (unpaired) electrons. The SMILES string of the molecule is Cn1nc(C2CCOCC2)c(-c2ccccc2Br)c1N. The largest absolute Gasteiger partial charge is 0.383 e. The van der Waals surface area contributed by atoms with Crippen molar-refractivity contribution < 1.29 is 4.74 Å². The minimum Gasteiger partial charge on any atom is -0.383 e. The van der Waals surface area contributed by atoms with E-state index in [1.54, 1.807) is 4.68 Å². The van der Waals surface area contributed by atoms with E-state index in [1.165, 1.54) is 0 Å². The van der Waals surface area contributed by atoms with E-state index >= 15 is 0 Å². The summed E-state index contributed by atoms with van der Waals surface area (Å²) in [6, 6.07) is 8.16. The topological polar surface area (TPSA) is 53.1 Å². The summed E-state index contributed by atoms with van der Waals surface area (Å²) in [6.07, 6.45) is 2.02. The van der Waals surface area contributed by atoms with E-state index in [0.29, 0.717) is 5.92 Å². The van der Waals surface area contributed by atoms with Crippen LogP contribution in [0.2, 0.25) is 0 Å². The molecule has 2 N–H and O–H groups in total. The number of hydrogen-bond donors (Lipinski definition) is 1. The van der Waals surface area contributed by atoms with Gasteiger partial charge in [-0.15, -0.1) is 0 Å². The first-order chi connectivity index (χ1) is 9.68. The van der Waals surface area contributed by atoms with Crippen LogP contribution in [0, 0.1) is 0 Å². The zero-order valence-corrected chi connectivity index (χ0v) is 13.1. The smallest absolute Gasteiger partial charge is 0.129 e. The normalized spacial score (nSPS) is 16.5. The Balaban J connectivity index is 2.12. The van der Waals surface area contributed by atoms with Crippen LogP contribution in [0.4, 0.5) is 5.82 Å². The lowest BCUT2D eigenvalue weighted by molar-refractivity contribution is 0.0845. The molecule has 1 saturated heterocycles. The number of rotatable bonds is 2. The second kappa shape index (κ2) is 5.58. The van der Waals surface area contributed by atoms with Gasteiger partial charge in [-0.2, -0.15) is 5.10 Å². The van der Waals surface area contributed by atoms with Crippen molar-refractivity contribution in [3.8, 4) is 11.1 Å². The lowest BCUT2D eigenvalue weighted by Crippen LogP contribution is -2.15. The summed E-state index contributed by atoms with van der Waals surface area (Å²) in [6.45, 7) is 1.60. The molecule has 0 amide bonds. The molecule has 1 aliphatic rings. The molecule has 1 aromatic carbocycles. The molecule has 2 aromatic rings. The third-order valence-corrected chi connectivity index (χ3v) is 4.56. The van der Waals surface area contributed by atoms with E-state index in [-0.39, 0.29) is 0 Å². The molecule has 4 nitrogen and oxygen atoms in total. The van der Waals surface area contributed by atoms with Crippen LogP contribution >= 0.6 is 15.9 Å². The molecule has 3 rings (SSSR count). The maximum absolute atomic E-state index is 6.26. The van der Waals surface area contributed by atoms with Crippen molar-refractivity contribution in [1.82, 2.24) is 9.78 Å². The van der Waals surface area contributed by atoms with Crippen LogP contribution < -0.4 is 5.73 Å². The first-order valence-corrected chi connectivity index (χ1v) is 7.62. The summed E-state index contributed by atoms with van der Waals surface area (Å²) in [5, 5.41) is 4.67. The van der Waals surface area contributed by atoms with Crippen LogP contribution in [0.3, 0.4) is 0 Å². The zero-order valence-electron chi connectivity index (χ0n) is 11.5. The Bertz CT molecular complexity index is 618. The zero-order chi connectivity index (χ0) is 14.1. The minimum atomic E-state index is 0.425. The number of hydrogen-bond acceptors (Lipinski definition) is 3. The Morgan fingerprint density at radius 3 is 2.70 bits per heavy atom. The maximum Gasteiger partial charge on any atom is 0.129 e. The highest BCUT2D eigenvalue weighted by Gasteiger charge is 2.26. The van der Waals surface area contributed by atoms with E-state index in [0.717, 1.165) is 53.2 Å². The third-order valence-electron chi connectivity index (χ3n) is 3.87. The van der Waals surface area contributed by atoms with E-state index in [4.69, 9.17) is 10.5 Å². The quantitative estimate of drug-likeness (QED) is 0.915. The van der Waals surface area contributed by atoms with Gasteiger partial charge < -0.3 is 10.5 Å². The molecule has 20 heavy (non-hydrogen) atoms. The summed E-state index contributed by atoms with van der Waals surface area (Å²) in [4.78, 5) is 0. The van der Waals surface area contributed by atoms with Gasteiger partial charge in [-0.3, -0.25) is 4.68 Å². The fourth-order valence-electron chi connectivity index (χ4n) is 2.76. The van der Waals surface area contributed by atoms with Gasteiger partial charge in [0.15, 0.2) is 0 Å². The Kier molecular flexibility index (Phi) is 3.81. The summed E-state index contributed by atoms with van der Waals surface area (Å²) < 4.78 is 8.28. The van der Waals surface area contributed by atoms with Crippen molar-refractivity contribution in [2.24, 2.45) is 7.05 Å². The van der Waals surface area contributed by atoms with Crippen molar-refractivity contribution in [1.29, 1.82) is 0 Å². The Morgan fingerprint density at radius 2 is 2.00 bits per heavy atom. The predicted molar refractivity (Wildman–Crippen MR) is 83.6 cm³/mol. The molecule has 0 unspecified atom stereocenters. The van der Waals surface area contributed by atoms with E-state index < -0.39 is 0 Å². The highest BCUT2D eigenvalue weighted by molar-refractivity contribution is 9.10. The van der Waals surface area contributed by atoms with E-state index in [2.05, 4.69) is 27.1 Å². The van der Waals surface area contributed by atoms with Crippen molar-refractivity contribution in [3.05, 3.63) is 34.4 Å². The Labute approximate surface area is 127 Å². The highest BCUT2D eigenvalue weighted by Crippen LogP contribution is 2.40. The lowest BCUT2D eigenvalue weighted by atomic mass is 9.91. The van der Waals surface area contributed by atoms with Crippen molar-refractivity contribution in [2.45, 2.75) is 18.8 Å². The van der Waals surface area contributed by atoms with Crippen molar-refractivity contribution in [3.63, 3.8) is 0 Å². The first kappa shape index (κ1) is 13.6. The van der Waals surface area contributed by atoms with Crippen LogP contribution in [0.15, 0.2) is 28.7 Å². The average molecular weight is 336 g/mol. The molecule has 0 bridgehead atoms. The van der Waals surface area contributed by atoms with E-state index in [1.807, 2.05) is 25.2 Å². The standard InChI is InChI=1S/C15H18BrN3O/c1-19-15(17)13(11-4-2-3-5-12(11)16)14(18-19)10-6-8-20-9-7-10/h2-5,10H,6-9,17H2,1H3. The summed E-state index contributed by atoms with van der Waals surface area (Å²) >= 11 is 3.62. The Hall–Kier alpha value is -1.33. The van der Waals surface area contributed by atoms with Crippen LogP contribution in [0.5, 0.6) is 0 Å². The number of aromatic nitrogens is 2. The molecule has 0 aliphatic carbocycles. The molecule has 2 heterocycles. The molecule has 1 aliphatic heterocycles. The Morgan fingerprint density at radius 1 is 1.30 bits per heavy atom. The number of nitrogens with zero attached hydrogens (tertiary/aromatic N) is 2. The molecule has 106 valence electrons. The van der Waals surface area contributed by atoms with Gasteiger partial charge in [0.1, 0.15) is 5.82 Å². The molecular weight excluding hydrogens is 318 g/mol. The number of ether oxygens (including phenoxy) is 1. The van der Waals surface area contributed by atoms with Gasteiger partial charge in [0.25, 0.3) is 0 Å². The second-order valence-corrected chi connectivity index (χ2v) is 5.99. The minimum absolute atomic E-state index is 0.425. The molecule has 1 fully saturated rings. The van der Waals surface area contributed by atoms with Crippen LogP contribution in [-0.4, -0.2) is 23.0 Å². The number of nitrogens with two attached hydrogens (primary N) is 1. The van der Waals surface area contributed by atoms with Crippen LogP contribution in [0.25, 0.3) is 11.1 Å². The molecule has 0 spiro atoms. The predicted octanol–water partition coefficient (Wildman–Crippen LogP) is 3.33. The van der Waals surface area contributed by atoms with E-state index in [9.17, 15) is 0 Å². The third kappa shape index (κ3) is 2.36. The van der Waals surface area contributed by atoms with Gasteiger partial charge in [0.05, 0.1) is 5.69 Å². The van der Waals surface area contributed by atoms with Gasteiger partial charge in [0, 0.05) is 41.8 Å². The molecule has 5 heteroatoms. The molecule has 1 aromatic heterocycles. The highest BCUT2D eigenvalue weighted by atomic mass is 79.9. The fraction of sp³-hybridized carbons (Fsp3) is 0.400. The molecule has 0 atom stereocenters. The maximum atomic E-state index is 6.26.